The zero-order chi connectivity index (χ0) is 41.0. The molecular weight excluding hydrogens is 749 g/mol. The van der Waals surface area contributed by atoms with E-state index in [4.69, 9.17) is 0 Å². The normalized spacial score (nSPS) is 11.5. The molecule has 0 aliphatic rings. The molecule has 12 rings (SSSR count). The first-order valence-electron chi connectivity index (χ1n) is 21.4. The third kappa shape index (κ3) is 5.80. The van der Waals surface area contributed by atoms with Gasteiger partial charge in [0.15, 0.2) is 0 Å². The van der Waals surface area contributed by atoms with Crippen molar-refractivity contribution in [2.75, 3.05) is 4.90 Å². The first-order valence-corrected chi connectivity index (χ1v) is 21.4. The van der Waals surface area contributed by atoms with Gasteiger partial charge in [-0.3, -0.25) is 0 Å². The van der Waals surface area contributed by atoms with Crippen LogP contribution in [-0.2, 0) is 0 Å². The molecule has 11 aromatic carbocycles. The number of benzene rings is 11. The predicted octanol–water partition coefficient (Wildman–Crippen LogP) is 16.7. The molecule has 0 aliphatic heterocycles. The number of aromatic nitrogens is 1. The molecule has 0 spiro atoms. The SMILES string of the molecule is c1ccc(-c2c(-c3ccccc3)c3cc(N(c4cccc(-c5cccc6ccccc56)c4)c4cccc5c6ccccc6n(-c6ccccc6)c45)ccc3c3ccccc23)cc1. The molecule has 0 bridgehead atoms. The van der Waals surface area contributed by atoms with Gasteiger partial charge >= 0.3 is 0 Å². The van der Waals surface area contributed by atoms with E-state index in [-0.39, 0.29) is 0 Å². The molecule has 0 aliphatic carbocycles. The monoisotopic (exact) mass is 788 g/mol. The van der Waals surface area contributed by atoms with Crippen molar-refractivity contribution in [2.45, 2.75) is 0 Å². The van der Waals surface area contributed by atoms with Crippen molar-refractivity contribution in [3.05, 3.63) is 243 Å². The van der Waals surface area contributed by atoms with Crippen molar-refractivity contribution in [1.29, 1.82) is 0 Å². The molecule has 1 heterocycles. The summed E-state index contributed by atoms with van der Waals surface area (Å²) >= 11 is 0. The summed E-state index contributed by atoms with van der Waals surface area (Å²) in [5.41, 5.74) is 14.0. The van der Waals surface area contributed by atoms with Crippen molar-refractivity contribution in [3.63, 3.8) is 0 Å². The van der Waals surface area contributed by atoms with E-state index in [0.29, 0.717) is 0 Å². The van der Waals surface area contributed by atoms with Gasteiger partial charge in [-0.25, -0.2) is 0 Å². The number of anilines is 3. The van der Waals surface area contributed by atoms with Crippen LogP contribution >= 0.6 is 0 Å². The summed E-state index contributed by atoms with van der Waals surface area (Å²) in [6.45, 7) is 0. The Hall–Kier alpha value is -8.20. The lowest BCUT2D eigenvalue weighted by Crippen LogP contribution is -2.12. The Morgan fingerprint density at radius 3 is 1.61 bits per heavy atom. The molecule has 0 N–H and O–H groups in total. The second kappa shape index (κ2) is 14.8. The second-order valence-corrected chi connectivity index (χ2v) is 16.0. The molecule has 2 heteroatoms. The zero-order valence-corrected chi connectivity index (χ0v) is 34.0. The molecule has 12 aromatic rings. The maximum atomic E-state index is 2.49. The van der Waals surface area contributed by atoms with Gasteiger partial charge in [0.2, 0.25) is 0 Å². The molecule has 0 saturated carbocycles. The van der Waals surface area contributed by atoms with Crippen molar-refractivity contribution in [3.8, 4) is 39.1 Å². The molecule has 290 valence electrons. The molecular formula is C60H40N2. The largest absolute Gasteiger partial charge is 0.308 e. The van der Waals surface area contributed by atoms with Crippen LogP contribution in [0.4, 0.5) is 17.1 Å². The molecule has 0 unspecified atom stereocenters. The Balaban J connectivity index is 1.20. The number of hydrogen-bond donors (Lipinski definition) is 0. The lowest BCUT2D eigenvalue weighted by Gasteiger charge is -2.28. The van der Waals surface area contributed by atoms with E-state index in [1.54, 1.807) is 0 Å². The fraction of sp³-hybridized carbons (Fsp3) is 0. The lowest BCUT2D eigenvalue weighted by atomic mass is 9.85. The van der Waals surface area contributed by atoms with Crippen molar-refractivity contribution >= 4 is 71.2 Å². The van der Waals surface area contributed by atoms with Gasteiger partial charge in [0.25, 0.3) is 0 Å². The molecule has 0 radical (unpaired) electrons. The first kappa shape index (κ1) is 35.7. The van der Waals surface area contributed by atoms with E-state index in [1.807, 2.05) is 0 Å². The molecule has 0 saturated heterocycles. The summed E-state index contributed by atoms with van der Waals surface area (Å²) < 4.78 is 2.44. The average Bonchev–Trinajstić information content (AvgIpc) is 3.69. The molecule has 2 nitrogen and oxygen atoms in total. The molecule has 0 amide bonds. The molecule has 62 heavy (non-hydrogen) atoms. The highest BCUT2D eigenvalue weighted by Crippen LogP contribution is 2.49. The van der Waals surface area contributed by atoms with E-state index >= 15 is 0 Å². The van der Waals surface area contributed by atoms with Crippen molar-refractivity contribution in [1.82, 2.24) is 4.57 Å². The van der Waals surface area contributed by atoms with Gasteiger partial charge in [0.1, 0.15) is 0 Å². The van der Waals surface area contributed by atoms with Gasteiger partial charge < -0.3 is 9.47 Å². The Morgan fingerprint density at radius 1 is 0.306 bits per heavy atom. The summed E-state index contributed by atoms with van der Waals surface area (Å²) in [5, 5.41) is 9.82. The van der Waals surface area contributed by atoms with Crippen LogP contribution in [0.5, 0.6) is 0 Å². The van der Waals surface area contributed by atoms with E-state index in [2.05, 4.69) is 252 Å². The highest BCUT2D eigenvalue weighted by Gasteiger charge is 2.24. The van der Waals surface area contributed by atoms with Gasteiger partial charge in [-0.2, -0.15) is 0 Å². The smallest absolute Gasteiger partial charge is 0.0782 e. The zero-order valence-electron chi connectivity index (χ0n) is 34.0. The third-order valence-electron chi connectivity index (χ3n) is 12.5. The van der Waals surface area contributed by atoms with E-state index < -0.39 is 0 Å². The Labute approximate surface area is 360 Å². The fourth-order valence-electron chi connectivity index (χ4n) is 9.87. The van der Waals surface area contributed by atoms with Crippen LogP contribution in [0.1, 0.15) is 0 Å². The van der Waals surface area contributed by atoms with Crippen molar-refractivity contribution < 1.29 is 0 Å². The predicted molar refractivity (Wildman–Crippen MR) is 264 cm³/mol. The number of para-hydroxylation sites is 3. The van der Waals surface area contributed by atoms with E-state index in [9.17, 15) is 0 Å². The summed E-state index contributed by atoms with van der Waals surface area (Å²) in [6.07, 6.45) is 0. The molecule has 0 fully saturated rings. The summed E-state index contributed by atoms with van der Waals surface area (Å²) in [4.78, 5) is 2.49. The van der Waals surface area contributed by atoms with Crippen LogP contribution in [-0.4, -0.2) is 4.57 Å². The van der Waals surface area contributed by atoms with Crippen LogP contribution in [0.15, 0.2) is 243 Å². The minimum Gasteiger partial charge on any atom is -0.308 e. The van der Waals surface area contributed by atoms with Gasteiger partial charge in [-0.15, -0.1) is 0 Å². The molecule has 1 aromatic heterocycles. The lowest BCUT2D eigenvalue weighted by molar-refractivity contribution is 1.17. The maximum Gasteiger partial charge on any atom is 0.0782 e. The fourth-order valence-corrected chi connectivity index (χ4v) is 9.87. The minimum absolute atomic E-state index is 1.08. The number of fused-ring (bicyclic) bond motifs is 7. The van der Waals surface area contributed by atoms with Crippen LogP contribution in [0, 0.1) is 0 Å². The number of rotatable bonds is 7. The van der Waals surface area contributed by atoms with Gasteiger partial charge in [0.05, 0.1) is 16.7 Å². The Kier molecular flexibility index (Phi) is 8.53. The van der Waals surface area contributed by atoms with Crippen LogP contribution in [0.2, 0.25) is 0 Å². The van der Waals surface area contributed by atoms with Crippen LogP contribution < -0.4 is 4.90 Å². The summed E-state index contributed by atoms with van der Waals surface area (Å²) in [7, 11) is 0. The first-order chi connectivity index (χ1) is 30.8. The number of nitrogens with zero attached hydrogens (tertiary/aromatic N) is 2. The van der Waals surface area contributed by atoms with Crippen LogP contribution in [0.3, 0.4) is 0 Å². The highest BCUT2D eigenvalue weighted by atomic mass is 15.2. The van der Waals surface area contributed by atoms with Gasteiger partial charge in [0, 0.05) is 27.8 Å². The second-order valence-electron chi connectivity index (χ2n) is 16.0. The van der Waals surface area contributed by atoms with Gasteiger partial charge in [-0.05, 0) is 114 Å². The quantitative estimate of drug-likeness (QED) is 0.146. The Morgan fingerprint density at radius 2 is 0.839 bits per heavy atom. The number of hydrogen-bond acceptors (Lipinski definition) is 1. The van der Waals surface area contributed by atoms with Gasteiger partial charge in [-0.1, -0.05) is 194 Å². The Bertz CT molecular complexity index is 3620. The minimum atomic E-state index is 1.08. The third-order valence-corrected chi connectivity index (χ3v) is 12.5. The summed E-state index contributed by atoms with van der Waals surface area (Å²) in [5.74, 6) is 0. The summed E-state index contributed by atoms with van der Waals surface area (Å²) in [6, 6.07) is 88.6. The maximum absolute atomic E-state index is 2.49. The average molecular weight is 789 g/mol. The molecule has 0 atom stereocenters. The highest BCUT2D eigenvalue weighted by molar-refractivity contribution is 6.22. The van der Waals surface area contributed by atoms with Crippen LogP contribution in [0.25, 0.3) is 93.2 Å². The van der Waals surface area contributed by atoms with E-state index in [0.717, 1.165) is 28.3 Å². The van der Waals surface area contributed by atoms with E-state index in [1.165, 1.54) is 82.0 Å². The topological polar surface area (TPSA) is 8.17 Å². The van der Waals surface area contributed by atoms with Crippen molar-refractivity contribution in [2.24, 2.45) is 0 Å². The standard InChI is InChI=1S/C60H40N2/c1-4-20-42(21-5-1)58-53-32-13-12-30-50(53)51-38-37-47(40-55(51)59(58)43-22-6-2-7-23-43)61(46-28-16-25-44(39-46)49-33-17-24-41-19-10-11-29-48(41)49)57-36-18-34-54-52-31-14-15-35-56(52)62(60(54)57)45-26-8-3-9-27-45/h1-40H.